The minimum Gasteiger partial charge on any atom is -0.491 e. The van der Waals surface area contributed by atoms with Crippen molar-refractivity contribution in [2.24, 2.45) is 0 Å². The third kappa shape index (κ3) is 25.9. The fraction of sp³-hybridized carbons (Fsp3) is 0.739. The van der Waals surface area contributed by atoms with Gasteiger partial charge in [-0.3, -0.25) is 0 Å². The Bertz CT molecular complexity index is 1190. The van der Waals surface area contributed by atoms with Gasteiger partial charge in [-0.2, -0.15) is 0 Å². The van der Waals surface area contributed by atoms with Crippen LogP contribution in [0.3, 0.4) is 0 Å². The van der Waals surface area contributed by atoms with Gasteiger partial charge in [0.25, 0.3) is 0 Å². The van der Waals surface area contributed by atoms with Crippen LogP contribution in [0.1, 0.15) is 76.5 Å². The van der Waals surface area contributed by atoms with Gasteiger partial charge in [0.15, 0.2) is 0 Å². The first-order valence-corrected chi connectivity index (χ1v) is 19.1. The zero-order valence-electron chi connectivity index (χ0n) is 31.4. The number of benzene rings is 2. The molecule has 59 heavy (non-hydrogen) atoms. The van der Waals surface area contributed by atoms with Crippen LogP contribution in [0.4, 0.5) is 0 Å². The molecule has 5 saturated heterocycles. The highest BCUT2D eigenvalue weighted by Gasteiger charge is 2.26. The van der Waals surface area contributed by atoms with Crippen molar-refractivity contribution in [2.75, 3.05) is 99.1 Å². The average molecular weight is 843 g/mol. The Morgan fingerprint density at radius 1 is 0.424 bits per heavy atom. The standard InChI is InChI=1S/C21H38O9.C19H20O4.6CH4/c1-15(24-9-19-12-28-19)4-22-7-18(27-6-17(3)26-11-21-14-30-21)8-23-5-16(2)25-10-20-13-29-20;1-5-16(20-10-18-12-22-18)6-2-14(1)9-15-3-7-17(8-4-15)21-11-19-13-23-19;;;;;;/h15-21H,4-14H2,1-3H3;1-8,18-19H,9-13H2;6*1H4. The van der Waals surface area contributed by atoms with Gasteiger partial charge in [0, 0.05) is 0 Å². The van der Waals surface area contributed by atoms with Gasteiger partial charge >= 0.3 is 0 Å². The van der Waals surface area contributed by atoms with Gasteiger partial charge in [-0.15, -0.1) is 0 Å². The molecule has 344 valence electrons. The molecule has 5 heterocycles. The summed E-state index contributed by atoms with van der Waals surface area (Å²) in [5, 5.41) is 0. The van der Waals surface area contributed by atoms with Crippen LogP contribution in [0, 0.1) is 0 Å². The molecule has 0 aromatic heterocycles. The van der Waals surface area contributed by atoms with Crippen molar-refractivity contribution < 1.29 is 61.6 Å². The first kappa shape index (κ1) is 56.6. The molecule has 5 aliphatic rings. The monoisotopic (exact) mass is 843 g/mol. The molecule has 0 radical (unpaired) electrons. The minimum absolute atomic E-state index is 0. The summed E-state index contributed by atoms with van der Waals surface area (Å²) in [7, 11) is 0. The number of hydrogen-bond acceptors (Lipinski definition) is 13. The predicted octanol–water partition coefficient (Wildman–Crippen LogP) is 7.47. The van der Waals surface area contributed by atoms with Gasteiger partial charge in [-0.25, -0.2) is 0 Å². The van der Waals surface area contributed by atoms with Crippen LogP contribution < -0.4 is 9.47 Å². The predicted molar refractivity (Wildman–Crippen MR) is 233 cm³/mol. The van der Waals surface area contributed by atoms with Gasteiger partial charge in [-0.1, -0.05) is 68.8 Å². The molecule has 0 N–H and O–H groups in total. The van der Waals surface area contributed by atoms with Gasteiger partial charge in [-0.05, 0) is 62.6 Å². The van der Waals surface area contributed by atoms with E-state index < -0.39 is 0 Å². The molecule has 7 rings (SSSR count). The Balaban J connectivity index is 0.00000106. The molecule has 5 aliphatic heterocycles. The second-order valence-corrected chi connectivity index (χ2v) is 14.3. The van der Waals surface area contributed by atoms with E-state index in [0.29, 0.717) is 78.3 Å². The Morgan fingerprint density at radius 2 is 0.729 bits per heavy atom. The van der Waals surface area contributed by atoms with Crippen molar-refractivity contribution in [3.05, 3.63) is 59.7 Å². The van der Waals surface area contributed by atoms with Crippen LogP contribution in [0.5, 0.6) is 11.5 Å². The van der Waals surface area contributed by atoms with Crippen molar-refractivity contribution >= 4 is 0 Å². The Morgan fingerprint density at radius 3 is 1.05 bits per heavy atom. The van der Waals surface area contributed by atoms with E-state index >= 15 is 0 Å². The maximum Gasteiger partial charge on any atom is 0.119 e. The van der Waals surface area contributed by atoms with E-state index in [0.717, 1.165) is 51.0 Å². The molecule has 2 aromatic rings. The molecule has 0 amide bonds. The third-order valence-electron chi connectivity index (χ3n) is 8.72. The molecular weight excluding hydrogens is 760 g/mol. The van der Waals surface area contributed by atoms with E-state index in [1.54, 1.807) is 0 Å². The largest absolute Gasteiger partial charge is 0.491 e. The number of hydrogen-bond donors (Lipinski definition) is 0. The summed E-state index contributed by atoms with van der Waals surface area (Å²) in [6, 6.07) is 16.5. The molecule has 0 aliphatic carbocycles. The quantitative estimate of drug-likeness (QED) is 0.0785. The van der Waals surface area contributed by atoms with Gasteiger partial charge in [0.05, 0.1) is 104 Å². The zero-order valence-corrected chi connectivity index (χ0v) is 31.4. The van der Waals surface area contributed by atoms with E-state index in [1.807, 2.05) is 45.0 Å². The van der Waals surface area contributed by atoms with Crippen molar-refractivity contribution in [3.8, 4) is 11.5 Å². The highest BCUT2D eigenvalue weighted by atomic mass is 16.6. The SMILES string of the molecule is C.C.C.C.C.C.CC(COCC(COCC(C)OCC1CO1)OCC(C)OCC1CO1)OCC1CO1.c1cc(OCC2CO2)ccc1Cc1ccc(OCC2CO2)cc1. The van der Waals surface area contributed by atoms with Crippen LogP contribution in [0.15, 0.2) is 48.5 Å². The van der Waals surface area contributed by atoms with Gasteiger partial charge in [0.2, 0.25) is 0 Å². The second-order valence-electron chi connectivity index (χ2n) is 14.3. The molecular formula is C46H82O13. The summed E-state index contributed by atoms with van der Waals surface area (Å²) in [5.41, 5.74) is 2.53. The lowest BCUT2D eigenvalue weighted by Crippen LogP contribution is -2.32. The molecule has 0 saturated carbocycles. The van der Waals surface area contributed by atoms with E-state index in [9.17, 15) is 0 Å². The van der Waals surface area contributed by atoms with Crippen LogP contribution in [0.2, 0.25) is 0 Å². The molecule has 8 atom stereocenters. The lowest BCUT2D eigenvalue weighted by Gasteiger charge is -2.22. The maximum absolute atomic E-state index is 6.00. The van der Waals surface area contributed by atoms with Crippen molar-refractivity contribution in [1.82, 2.24) is 0 Å². The van der Waals surface area contributed by atoms with Gasteiger partial charge < -0.3 is 61.6 Å². The fourth-order valence-corrected chi connectivity index (χ4v) is 4.95. The van der Waals surface area contributed by atoms with Crippen LogP contribution in [-0.4, -0.2) is 154 Å². The van der Waals surface area contributed by atoms with E-state index in [2.05, 4.69) is 24.3 Å². The van der Waals surface area contributed by atoms with E-state index in [1.165, 1.54) is 11.1 Å². The van der Waals surface area contributed by atoms with Crippen LogP contribution in [0.25, 0.3) is 0 Å². The van der Waals surface area contributed by atoms with Crippen LogP contribution in [-0.2, 0) is 58.5 Å². The van der Waals surface area contributed by atoms with Gasteiger partial charge in [0.1, 0.15) is 61.3 Å². The maximum atomic E-state index is 6.00. The summed E-state index contributed by atoms with van der Waals surface area (Å²) in [6.45, 7) is 15.5. The Hall–Kier alpha value is -2.40. The molecule has 0 spiro atoms. The zero-order chi connectivity index (χ0) is 36.7. The molecule has 8 unspecified atom stereocenters. The van der Waals surface area contributed by atoms with Crippen LogP contribution >= 0.6 is 0 Å². The van der Waals surface area contributed by atoms with E-state index in [-0.39, 0.29) is 87.3 Å². The smallest absolute Gasteiger partial charge is 0.119 e. The fourth-order valence-electron chi connectivity index (χ4n) is 4.95. The first-order chi connectivity index (χ1) is 25.9. The highest BCUT2D eigenvalue weighted by Crippen LogP contribution is 2.20. The number of epoxide rings is 5. The topological polar surface area (TPSA) is 136 Å². The average Bonchev–Trinajstić information content (AvgIpc) is 3.96. The minimum atomic E-state index is -0.189. The highest BCUT2D eigenvalue weighted by molar-refractivity contribution is 5.34. The van der Waals surface area contributed by atoms with Crippen molar-refractivity contribution in [1.29, 1.82) is 0 Å². The molecule has 13 heteroatoms. The molecule has 0 bridgehead atoms. The number of ether oxygens (including phenoxy) is 13. The van der Waals surface area contributed by atoms with Crippen molar-refractivity contribution in [3.63, 3.8) is 0 Å². The second kappa shape index (κ2) is 30.6. The molecule has 13 nitrogen and oxygen atoms in total. The summed E-state index contributed by atoms with van der Waals surface area (Å²) in [5.74, 6) is 1.80. The Kier molecular flexibility index (Phi) is 29.4. The third-order valence-corrected chi connectivity index (χ3v) is 8.72. The lowest BCUT2D eigenvalue weighted by atomic mass is 10.0. The summed E-state index contributed by atoms with van der Waals surface area (Å²) in [4.78, 5) is 0. The molecule has 5 fully saturated rings. The normalized spacial score (nSPS) is 23.1. The first-order valence-electron chi connectivity index (χ1n) is 19.1. The molecule has 2 aromatic carbocycles. The summed E-state index contributed by atoms with van der Waals surface area (Å²) < 4.78 is 71.8. The number of rotatable bonds is 28. The lowest BCUT2D eigenvalue weighted by molar-refractivity contribution is -0.109. The Labute approximate surface area is 357 Å². The van der Waals surface area contributed by atoms with Crippen molar-refractivity contribution in [2.45, 2.75) is 127 Å². The summed E-state index contributed by atoms with van der Waals surface area (Å²) >= 11 is 0. The summed E-state index contributed by atoms with van der Waals surface area (Å²) in [6.07, 6.45) is 2.07. The van der Waals surface area contributed by atoms with E-state index in [4.69, 9.17) is 61.6 Å².